The van der Waals surface area contributed by atoms with Crippen LogP contribution in [0.2, 0.25) is 0 Å². The molecule has 3 nitrogen and oxygen atoms in total. The molecule has 1 aromatic carbocycles. The monoisotopic (exact) mass is 292 g/mol. The van der Waals surface area contributed by atoms with Crippen LogP contribution in [0.15, 0.2) is 22.6 Å². The van der Waals surface area contributed by atoms with E-state index >= 15 is 0 Å². The van der Waals surface area contributed by atoms with Gasteiger partial charge in [0.1, 0.15) is 16.1 Å². The molecule has 1 saturated heterocycles. The third-order valence-electron chi connectivity index (χ3n) is 3.44. The van der Waals surface area contributed by atoms with E-state index in [9.17, 15) is 4.55 Å². The van der Waals surface area contributed by atoms with Crippen LogP contribution in [0.25, 0.3) is 0 Å². The largest absolute Gasteiger partial charge is 0.591 e. The summed E-state index contributed by atoms with van der Waals surface area (Å²) in [5, 5.41) is 0. The van der Waals surface area contributed by atoms with Gasteiger partial charge in [-0.15, -0.1) is 0 Å². The Balaban J connectivity index is 2.25. The van der Waals surface area contributed by atoms with Crippen molar-refractivity contribution in [3.05, 3.63) is 29.3 Å². The van der Waals surface area contributed by atoms with E-state index in [0.29, 0.717) is 0 Å². The first-order valence-electron chi connectivity index (χ1n) is 7.19. The highest BCUT2D eigenvalue weighted by atomic mass is 32.2. The van der Waals surface area contributed by atoms with E-state index in [2.05, 4.69) is 34.4 Å². The van der Waals surface area contributed by atoms with Crippen LogP contribution >= 0.6 is 0 Å². The molecule has 0 aliphatic carbocycles. The van der Waals surface area contributed by atoms with Crippen LogP contribution in [0, 0.1) is 6.92 Å². The molecule has 1 aliphatic heterocycles. The standard InChI is InChI=1S/C16H24N2OS/c1-13-7-8-14(12-17-20(19)16(2,3)4)15(11-13)18-9-5-6-10-18/h7-8,11-12H,5-6,9-10H2,1-4H3/b17-12+. The Hall–Kier alpha value is -1.00. The van der Waals surface area contributed by atoms with Crippen LogP contribution in [-0.4, -0.2) is 28.6 Å². The maximum Gasteiger partial charge on any atom is 0.144 e. The normalized spacial score (nSPS) is 17.9. The fourth-order valence-corrected chi connectivity index (χ4v) is 2.78. The molecule has 110 valence electrons. The van der Waals surface area contributed by atoms with Gasteiger partial charge >= 0.3 is 0 Å². The summed E-state index contributed by atoms with van der Waals surface area (Å²) in [6.07, 6.45) is 4.27. The topological polar surface area (TPSA) is 38.7 Å². The lowest BCUT2D eigenvalue weighted by molar-refractivity contribution is 0.562. The van der Waals surface area contributed by atoms with Crippen molar-refractivity contribution in [3.8, 4) is 0 Å². The van der Waals surface area contributed by atoms with E-state index < -0.39 is 11.4 Å². The maximum atomic E-state index is 12.0. The van der Waals surface area contributed by atoms with Gasteiger partial charge in [-0.25, -0.2) is 0 Å². The lowest BCUT2D eigenvalue weighted by Gasteiger charge is -2.21. The number of aryl methyl sites for hydroxylation is 1. The molecule has 0 amide bonds. The highest BCUT2D eigenvalue weighted by molar-refractivity contribution is 7.91. The second-order valence-electron chi connectivity index (χ2n) is 6.35. The molecule has 0 saturated carbocycles. The minimum Gasteiger partial charge on any atom is -0.591 e. The van der Waals surface area contributed by atoms with Gasteiger partial charge in [0.25, 0.3) is 0 Å². The van der Waals surface area contributed by atoms with E-state index in [1.54, 1.807) is 6.21 Å². The van der Waals surface area contributed by atoms with Gasteiger partial charge in [-0.2, -0.15) is 0 Å². The summed E-state index contributed by atoms with van der Waals surface area (Å²) in [6, 6.07) is 6.36. The van der Waals surface area contributed by atoms with Gasteiger partial charge in [0.15, 0.2) is 0 Å². The Morgan fingerprint density at radius 2 is 1.90 bits per heavy atom. The van der Waals surface area contributed by atoms with E-state index in [0.717, 1.165) is 18.7 Å². The molecule has 1 aliphatic rings. The average Bonchev–Trinajstić information content (AvgIpc) is 2.89. The van der Waals surface area contributed by atoms with Gasteiger partial charge in [0.2, 0.25) is 0 Å². The highest BCUT2D eigenvalue weighted by Gasteiger charge is 2.26. The Morgan fingerprint density at radius 3 is 2.50 bits per heavy atom. The van der Waals surface area contributed by atoms with Crippen molar-refractivity contribution in [2.45, 2.75) is 45.3 Å². The molecule has 4 heteroatoms. The molecule has 1 aromatic rings. The molecule has 0 spiro atoms. The van der Waals surface area contributed by atoms with Gasteiger partial charge < -0.3 is 9.45 Å². The first-order valence-corrected chi connectivity index (χ1v) is 8.30. The van der Waals surface area contributed by atoms with Gasteiger partial charge in [-0.3, -0.25) is 0 Å². The van der Waals surface area contributed by atoms with Crippen molar-refractivity contribution >= 4 is 23.3 Å². The Bertz CT molecular complexity index is 488. The lowest BCUT2D eigenvalue weighted by Crippen LogP contribution is -2.26. The number of hydrogen-bond donors (Lipinski definition) is 0. The molecule has 2 rings (SSSR count). The summed E-state index contributed by atoms with van der Waals surface area (Å²) in [4.78, 5) is 2.40. The quantitative estimate of drug-likeness (QED) is 0.632. The smallest absolute Gasteiger partial charge is 0.144 e. The molecule has 1 atom stereocenters. The number of rotatable bonds is 3. The Morgan fingerprint density at radius 1 is 1.25 bits per heavy atom. The molecule has 1 fully saturated rings. The summed E-state index contributed by atoms with van der Waals surface area (Å²) in [6.45, 7) is 10.1. The molecule has 0 radical (unpaired) electrons. The molecule has 1 heterocycles. The van der Waals surface area contributed by atoms with E-state index in [4.69, 9.17) is 0 Å². The van der Waals surface area contributed by atoms with Gasteiger partial charge in [-0.05, 0) is 52.2 Å². The summed E-state index contributed by atoms with van der Waals surface area (Å²) >= 11 is -1.20. The van der Waals surface area contributed by atoms with Crippen molar-refractivity contribution in [3.63, 3.8) is 0 Å². The third kappa shape index (κ3) is 3.76. The zero-order valence-corrected chi connectivity index (χ0v) is 13.7. The predicted octanol–water partition coefficient (Wildman–Crippen LogP) is 3.48. The van der Waals surface area contributed by atoms with Gasteiger partial charge in [-0.1, -0.05) is 16.5 Å². The fourth-order valence-electron chi connectivity index (χ4n) is 2.26. The van der Waals surface area contributed by atoms with Crippen molar-refractivity contribution in [2.75, 3.05) is 18.0 Å². The SMILES string of the molecule is Cc1ccc(/C=N/[S+]([O-])C(C)(C)C)c(N2CCCC2)c1. The van der Waals surface area contributed by atoms with Crippen LogP contribution in [0.4, 0.5) is 5.69 Å². The van der Waals surface area contributed by atoms with Gasteiger partial charge in [0.05, 0.1) is 6.21 Å². The van der Waals surface area contributed by atoms with Crippen LogP contribution in [-0.2, 0) is 11.4 Å². The Kier molecular flexibility index (Phi) is 4.76. The van der Waals surface area contributed by atoms with Crippen molar-refractivity contribution in [2.24, 2.45) is 4.40 Å². The Labute approximate surface area is 125 Å². The zero-order chi connectivity index (χ0) is 14.8. The van der Waals surface area contributed by atoms with Gasteiger partial charge in [0, 0.05) is 24.3 Å². The molecular formula is C16H24N2OS. The molecule has 1 unspecified atom stereocenters. The number of anilines is 1. The lowest BCUT2D eigenvalue weighted by atomic mass is 10.1. The minimum absolute atomic E-state index is 0.311. The highest BCUT2D eigenvalue weighted by Crippen LogP contribution is 2.25. The second kappa shape index (κ2) is 6.19. The summed E-state index contributed by atoms with van der Waals surface area (Å²) in [5.41, 5.74) is 3.54. The molecule has 0 bridgehead atoms. The van der Waals surface area contributed by atoms with E-state index in [1.807, 2.05) is 20.8 Å². The van der Waals surface area contributed by atoms with Crippen molar-refractivity contribution in [1.29, 1.82) is 0 Å². The van der Waals surface area contributed by atoms with E-state index in [1.165, 1.54) is 24.1 Å². The fraction of sp³-hybridized carbons (Fsp3) is 0.562. The van der Waals surface area contributed by atoms with Crippen molar-refractivity contribution < 1.29 is 4.55 Å². The number of hydrogen-bond acceptors (Lipinski definition) is 3. The predicted molar refractivity (Wildman–Crippen MR) is 88.1 cm³/mol. The van der Waals surface area contributed by atoms with Crippen LogP contribution in [0.5, 0.6) is 0 Å². The summed E-state index contributed by atoms with van der Waals surface area (Å²) in [5.74, 6) is 0. The zero-order valence-electron chi connectivity index (χ0n) is 12.8. The first-order chi connectivity index (χ1) is 9.38. The second-order valence-corrected chi connectivity index (χ2v) is 8.29. The van der Waals surface area contributed by atoms with Crippen LogP contribution < -0.4 is 4.90 Å². The molecule has 0 aromatic heterocycles. The summed E-state index contributed by atoms with van der Waals surface area (Å²) in [7, 11) is 0. The number of benzene rings is 1. The molecule has 0 N–H and O–H groups in total. The minimum atomic E-state index is -1.20. The summed E-state index contributed by atoms with van der Waals surface area (Å²) < 4.78 is 16.0. The average molecular weight is 292 g/mol. The van der Waals surface area contributed by atoms with Crippen molar-refractivity contribution in [1.82, 2.24) is 0 Å². The van der Waals surface area contributed by atoms with E-state index in [-0.39, 0.29) is 4.75 Å². The first kappa shape index (κ1) is 15.4. The van der Waals surface area contributed by atoms with Crippen LogP contribution in [0.3, 0.4) is 0 Å². The maximum absolute atomic E-state index is 12.0. The molecular weight excluding hydrogens is 268 g/mol. The molecule has 20 heavy (non-hydrogen) atoms. The number of nitrogens with zero attached hydrogens (tertiary/aromatic N) is 2. The van der Waals surface area contributed by atoms with Crippen LogP contribution in [0.1, 0.15) is 44.7 Å². The third-order valence-corrected chi connectivity index (χ3v) is 4.79.